The highest BCUT2D eigenvalue weighted by Gasteiger charge is 2.19. The van der Waals surface area contributed by atoms with Crippen LogP contribution in [-0.4, -0.2) is 13.1 Å². The Kier molecular flexibility index (Phi) is 4.93. The van der Waals surface area contributed by atoms with Gasteiger partial charge in [-0.15, -0.1) is 0 Å². The summed E-state index contributed by atoms with van der Waals surface area (Å²) in [5, 5.41) is 3.33. The van der Waals surface area contributed by atoms with Gasteiger partial charge in [-0.2, -0.15) is 0 Å². The van der Waals surface area contributed by atoms with E-state index in [9.17, 15) is 4.39 Å². The Balaban J connectivity index is 2.75. The van der Waals surface area contributed by atoms with E-state index in [2.05, 4.69) is 42.0 Å². The lowest BCUT2D eigenvalue weighted by Crippen LogP contribution is -2.31. The van der Waals surface area contributed by atoms with Crippen LogP contribution in [0, 0.1) is 11.2 Å². The fourth-order valence-corrected chi connectivity index (χ4v) is 2.13. The molecule has 1 nitrogen and oxygen atoms in total. The van der Waals surface area contributed by atoms with E-state index in [0.29, 0.717) is 4.47 Å². The quantitative estimate of drug-likeness (QED) is 0.869. The molecule has 0 saturated heterocycles. The van der Waals surface area contributed by atoms with Crippen LogP contribution in [0.3, 0.4) is 0 Å². The minimum absolute atomic E-state index is 0.131. The summed E-state index contributed by atoms with van der Waals surface area (Å²) in [6, 6.07) is 5.21. The highest BCUT2D eigenvalue weighted by atomic mass is 79.9. The topological polar surface area (TPSA) is 12.0 Å². The van der Waals surface area contributed by atoms with Gasteiger partial charge >= 0.3 is 0 Å². The molecule has 0 spiro atoms. The molecular weight excluding hydrogens is 269 g/mol. The maximum Gasteiger partial charge on any atom is 0.137 e. The third-order valence-electron chi connectivity index (χ3n) is 2.55. The second-order valence-corrected chi connectivity index (χ2v) is 5.63. The van der Waals surface area contributed by atoms with E-state index in [1.54, 1.807) is 6.07 Å². The van der Waals surface area contributed by atoms with Crippen LogP contribution < -0.4 is 5.32 Å². The SMILES string of the molecule is CCNCC(C)(C)Cc1cccc(F)c1Br. The molecule has 1 aromatic carbocycles. The Morgan fingerprint density at radius 2 is 2.06 bits per heavy atom. The van der Waals surface area contributed by atoms with Crippen molar-refractivity contribution in [2.45, 2.75) is 27.2 Å². The number of hydrogen-bond donors (Lipinski definition) is 1. The molecule has 0 atom stereocenters. The summed E-state index contributed by atoms with van der Waals surface area (Å²) in [5.41, 5.74) is 1.16. The summed E-state index contributed by atoms with van der Waals surface area (Å²) < 4.78 is 13.9. The van der Waals surface area contributed by atoms with E-state index in [1.165, 1.54) is 6.07 Å². The van der Waals surface area contributed by atoms with Crippen molar-refractivity contribution in [2.24, 2.45) is 5.41 Å². The Morgan fingerprint density at radius 1 is 1.38 bits per heavy atom. The van der Waals surface area contributed by atoms with Crippen molar-refractivity contribution in [3.05, 3.63) is 34.1 Å². The summed E-state index contributed by atoms with van der Waals surface area (Å²) in [5.74, 6) is -0.184. The molecule has 0 fully saturated rings. The lowest BCUT2D eigenvalue weighted by Gasteiger charge is -2.25. The van der Waals surface area contributed by atoms with E-state index in [0.717, 1.165) is 25.1 Å². The zero-order valence-electron chi connectivity index (χ0n) is 10.1. The lowest BCUT2D eigenvalue weighted by atomic mass is 9.85. The van der Waals surface area contributed by atoms with E-state index < -0.39 is 0 Å². The number of hydrogen-bond acceptors (Lipinski definition) is 1. The van der Waals surface area contributed by atoms with Crippen LogP contribution in [0.4, 0.5) is 4.39 Å². The van der Waals surface area contributed by atoms with Crippen LogP contribution >= 0.6 is 15.9 Å². The first-order valence-electron chi connectivity index (χ1n) is 5.60. The van der Waals surface area contributed by atoms with Gasteiger partial charge in [0.15, 0.2) is 0 Å². The van der Waals surface area contributed by atoms with Crippen molar-refractivity contribution in [1.29, 1.82) is 0 Å². The van der Waals surface area contributed by atoms with Gasteiger partial charge in [0.05, 0.1) is 4.47 Å². The maximum atomic E-state index is 13.3. The van der Waals surface area contributed by atoms with Crippen LogP contribution in [0.1, 0.15) is 26.3 Å². The summed E-state index contributed by atoms with van der Waals surface area (Å²) in [7, 11) is 0. The molecule has 1 rings (SSSR count). The number of halogens is 2. The first-order chi connectivity index (χ1) is 7.46. The van der Waals surface area contributed by atoms with Gasteiger partial charge in [-0.05, 0) is 45.9 Å². The van der Waals surface area contributed by atoms with Gasteiger partial charge < -0.3 is 5.32 Å². The minimum Gasteiger partial charge on any atom is -0.316 e. The summed E-state index contributed by atoms with van der Waals surface area (Å²) in [6.07, 6.45) is 0.859. The Morgan fingerprint density at radius 3 is 2.69 bits per heavy atom. The average Bonchev–Trinajstić information content (AvgIpc) is 2.22. The van der Waals surface area contributed by atoms with Gasteiger partial charge in [-0.25, -0.2) is 4.39 Å². The molecule has 0 aliphatic rings. The Hall–Kier alpha value is -0.410. The summed E-state index contributed by atoms with van der Waals surface area (Å²) in [4.78, 5) is 0. The van der Waals surface area contributed by atoms with Gasteiger partial charge in [-0.3, -0.25) is 0 Å². The van der Waals surface area contributed by atoms with Crippen LogP contribution in [-0.2, 0) is 6.42 Å². The maximum absolute atomic E-state index is 13.3. The van der Waals surface area contributed by atoms with Gasteiger partial charge in [-0.1, -0.05) is 32.9 Å². The van der Waals surface area contributed by atoms with Crippen molar-refractivity contribution in [2.75, 3.05) is 13.1 Å². The molecule has 0 amide bonds. The summed E-state index contributed by atoms with van der Waals surface area (Å²) in [6.45, 7) is 8.37. The Labute approximate surface area is 106 Å². The molecule has 0 aliphatic carbocycles. The fourth-order valence-electron chi connectivity index (χ4n) is 1.73. The average molecular weight is 288 g/mol. The summed E-state index contributed by atoms with van der Waals surface area (Å²) >= 11 is 3.31. The molecule has 0 bridgehead atoms. The molecule has 1 N–H and O–H groups in total. The van der Waals surface area contributed by atoms with E-state index in [-0.39, 0.29) is 11.2 Å². The standard InChI is InChI=1S/C13H19BrFN/c1-4-16-9-13(2,3)8-10-6-5-7-11(15)12(10)14/h5-7,16H,4,8-9H2,1-3H3. The van der Waals surface area contributed by atoms with Crippen LogP contribution in [0.25, 0.3) is 0 Å². The van der Waals surface area contributed by atoms with Crippen molar-refractivity contribution in [3.8, 4) is 0 Å². The molecule has 0 unspecified atom stereocenters. The highest BCUT2D eigenvalue weighted by molar-refractivity contribution is 9.10. The number of benzene rings is 1. The Bertz CT molecular complexity index is 350. The number of rotatable bonds is 5. The molecule has 0 aromatic heterocycles. The predicted octanol–water partition coefficient (Wildman–Crippen LogP) is 3.77. The first-order valence-corrected chi connectivity index (χ1v) is 6.39. The van der Waals surface area contributed by atoms with Crippen molar-refractivity contribution < 1.29 is 4.39 Å². The zero-order chi connectivity index (χ0) is 12.2. The monoisotopic (exact) mass is 287 g/mol. The molecule has 3 heteroatoms. The van der Waals surface area contributed by atoms with Crippen molar-refractivity contribution in [3.63, 3.8) is 0 Å². The molecule has 0 aliphatic heterocycles. The second-order valence-electron chi connectivity index (χ2n) is 4.83. The second kappa shape index (κ2) is 5.78. The molecule has 90 valence electrons. The molecular formula is C13H19BrFN. The van der Waals surface area contributed by atoms with E-state index in [4.69, 9.17) is 0 Å². The molecule has 16 heavy (non-hydrogen) atoms. The first kappa shape index (κ1) is 13.7. The van der Waals surface area contributed by atoms with Crippen molar-refractivity contribution in [1.82, 2.24) is 5.32 Å². The third kappa shape index (κ3) is 3.87. The molecule has 0 heterocycles. The highest BCUT2D eigenvalue weighted by Crippen LogP contribution is 2.27. The third-order valence-corrected chi connectivity index (χ3v) is 3.44. The van der Waals surface area contributed by atoms with E-state index >= 15 is 0 Å². The largest absolute Gasteiger partial charge is 0.316 e. The molecule has 0 radical (unpaired) electrons. The predicted molar refractivity (Wildman–Crippen MR) is 70.1 cm³/mol. The smallest absolute Gasteiger partial charge is 0.137 e. The lowest BCUT2D eigenvalue weighted by molar-refractivity contribution is 0.341. The number of nitrogens with one attached hydrogen (secondary N) is 1. The van der Waals surface area contributed by atoms with Crippen molar-refractivity contribution >= 4 is 15.9 Å². The fraction of sp³-hybridized carbons (Fsp3) is 0.538. The molecule has 1 aromatic rings. The zero-order valence-corrected chi connectivity index (χ0v) is 11.7. The van der Waals surface area contributed by atoms with Gasteiger partial charge in [0.25, 0.3) is 0 Å². The normalized spacial score (nSPS) is 11.8. The van der Waals surface area contributed by atoms with E-state index in [1.807, 2.05) is 6.07 Å². The van der Waals surface area contributed by atoms with Gasteiger partial charge in [0, 0.05) is 6.54 Å². The van der Waals surface area contributed by atoms with Gasteiger partial charge in [0.2, 0.25) is 0 Å². The van der Waals surface area contributed by atoms with Gasteiger partial charge in [0.1, 0.15) is 5.82 Å². The molecule has 0 saturated carbocycles. The van der Waals surface area contributed by atoms with Crippen LogP contribution in [0.2, 0.25) is 0 Å². The van der Waals surface area contributed by atoms with Crippen LogP contribution in [0.5, 0.6) is 0 Å². The van der Waals surface area contributed by atoms with Crippen LogP contribution in [0.15, 0.2) is 22.7 Å². The minimum atomic E-state index is -0.184.